The third-order valence-corrected chi connectivity index (χ3v) is 6.47. The van der Waals surface area contributed by atoms with Crippen LogP contribution in [0.15, 0.2) is 47.3 Å². The average Bonchev–Trinajstić information content (AvgIpc) is 3.13. The average molecular weight is 471 g/mol. The van der Waals surface area contributed by atoms with E-state index in [1.165, 1.54) is 11.3 Å². The van der Waals surface area contributed by atoms with Crippen LogP contribution in [-0.4, -0.2) is 27.6 Å². The molecule has 0 radical (unpaired) electrons. The number of ketones is 1. The fourth-order valence-electron chi connectivity index (χ4n) is 4.00. The number of benzene rings is 2. The number of aliphatic hydroxyl groups excluding tert-OH is 1. The molecule has 0 saturated carbocycles. The lowest BCUT2D eigenvalue weighted by molar-refractivity contribution is -0.352. The van der Waals surface area contributed by atoms with Gasteiger partial charge in [-0.25, -0.2) is 0 Å². The van der Waals surface area contributed by atoms with Crippen molar-refractivity contribution in [1.82, 2.24) is 0 Å². The van der Waals surface area contributed by atoms with Gasteiger partial charge in [0.1, 0.15) is 33.1 Å². The largest absolute Gasteiger partial charge is 0.870 e. The Hall–Kier alpha value is -3.14. The highest BCUT2D eigenvalue weighted by Gasteiger charge is 2.47. The van der Waals surface area contributed by atoms with Crippen LogP contribution in [0.2, 0.25) is 0 Å². The Bertz CT molecular complexity index is 1280. The first kappa shape index (κ1) is 24.5. The number of hydrogen-bond donors (Lipinski definition) is 1. The maximum atomic E-state index is 13.2. The molecule has 2 heterocycles. The first-order valence-electron chi connectivity index (χ1n) is 10.3. The van der Waals surface area contributed by atoms with Gasteiger partial charge >= 0.3 is 5.19 Å². The number of aryl methyl sites for hydroxylation is 1. The van der Waals surface area contributed by atoms with Crippen LogP contribution >= 0.6 is 11.3 Å². The van der Waals surface area contributed by atoms with E-state index >= 15 is 0 Å². The van der Waals surface area contributed by atoms with E-state index in [1.807, 2.05) is 19.1 Å². The van der Waals surface area contributed by atoms with Crippen molar-refractivity contribution in [2.45, 2.75) is 52.2 Å². The monoisotopic (exact) mass is 470 g/mol. The Morgan fingerprint density at radius 2 is 1.85 bits per heavy atom. The lowest BCUT2D eigenvalue weighted by Gasteiger charge is -2.40. The van der Waals surface area contributed by atoms with Gasteiger partial charge in [-0.2, -0.15) is 4.98 Å². The summed E-state index contributed by atoms with van der Waals surface area (Å²) in [5.74, 6) is 0.156. The molecule has 9 heteroatoms. The van der Waals surface area contributed by atoms with E-state index in [1.54, 1.807) is 52.0 Å². The van der Waals surface area contributed by atoms with Crippen molar-refractivity contribution < 1.29 is 29.8 Å². The summed E-state index contributed by atoms with van der Waals surface area (Å²) in [6.07, 6.45) is 0.678. The highest BCUT2D eigenvalue weighted by atomic mass is 32.1. The predicted molar refractivity (Wildman–Crippen MR) is 125 cm³/mol. The second-order valence-corrected chi connectivity index (χ2v) is 9.75. The van der Waals surface area contributed by atoms with Gasteiger partial charge in [0.2, 0.25) is 5.52 Å². The SMILES string of the molecule is CCc1ccc(Oc2[nH+]c3ccc(N=O)cc3s2)cc1C1=C(O)C(C)(C)OC(C)(C)C1=O.[OH-]. The molecule has 0 atom stereocenters. The molecule has 33 heavy (non-hydrogen) atoms. The minimum Gasteiger partial charge on any atom is -0.870 e. The molecule has 2 aromatic carbocycles. The van der Waals surface area contributed by atoms with Gasteiger partial charge in [-0.05, 0) is 86.0 Å². The molecule has 1 aliphatic heterocycles. The maximum Gasteiger partial charge on any atom is 0.435 e. The Balaban J connectivity index is 0.00000306. The van der Waals surface area contributed by atoms with E-state index in [0.717, 1.165) is 15.8 Å². The van der Waals surface area contributed by atoms with Crippen molar-refractivity contribution in [3.05, 3.63) is 58.2 Å². The Kier molecular flexibility index (Phi) is 6.43. The number of ether oxygens (including phenoxy) is 2. The van der Waals surface area contributed by atoms with Crippen molar-refractivity contribution in [3.8, 4) is 10.9 Å². The number of fused-ring (bicyclic) bond motifs is 1. The molecule has 174 valence electrons. The standard InChI is InChI=1S/C24H24N2O5S.H2O/c1-6-13-7-9-15(30-22-25-17-10-8-14(26-29)11-18(17)32-22)12-16(13)19-20(27)23(2,3)31-24(4,5)21(19)28;/h7-12,27H,6H2,1-5H3;1H2. The normalized spacial score (nSPS) is 17.1. The summed E-state index contributed by atoms with van der Waals surface area (Å²) in [5.41, 5.74) is 0.906. The summed E-state index contributed by atoms with van der Waals surface area (Å²) in [6.45, 7) is 8.91. The lowest BCUT2D eigenvalue weighted by atomic mass is 9.81. The van der Waals surface area contributed by atoms with E-state index in [-0.39, 0.29) is 22.6 Å². The zero-order valence-corrected chi connectivity index (χ0v) is 19.9. The van der Waals surface area contributed by atoms with Gasteiger partial charge in [0.05, 0.1) is 5.57 Å². The number of H-pyrrole nitrogens is 1. The maximum absolute atomic E-state index is 13.2. The van der Waals surface area contributed by atoms with Crippen LogP contribution in [0.25, 0.3) is 15.8 Å². The Labute approximate surface area is 195 Å². The first-order chi connectivity index (χ1) is 15.1. The number of nitrogens with zero attached hydrogens (tertiary/aromatic N) is 1. The Morgan fingerprint density at radius 1 is 1.12 bits per heavy atom. The number of carbonyl (C=O) groups excluding carboxylic acids is 1. The molecule has 0 fully saturated rings. The number of aromatic nitrogens is 1. The molecule has 3 aromatic rings. The third-order valence-electron chi connectivity index (χ3n) is 5.54. The van der Waals surface area contributed by atoms with E-state index < -0.39 is 11.2 Å². The van der Waals surface area contributed by atoms with Crippen LogP contribution in [0, 0.1) is 4.91 Å². The van der Waals surface area contributed by atoms with Crippen LogP contribution in [0.5, 0.6) is 10.9 Å². The number of aliphatic hydroxyl groups is 1. The minimum atomic E-state index is -1.07. The minimum absolute atomic E-state index is 0. The summed E-state index contributed by atoms with van der Waals surface area (Å²) in [7, 11) is 0. The smallest absolute Gasteiger partial charge is 0.435 e. The van der Waals surface area contributed by atoms with Gasteiger partial charge < -0.3 is 20.1 Å². The summed E-state index contributed by atoms with van der Waals surface area (Å²) >= 11 is 1.35. The summed E-state index contributed by atoms with van der Waals surface area (Å²) in [4.78, 5) is 27.2. The van der Waals surface area contributed by atoms with Crippen LogP contribution in [0.1, 0.15) is 45.7 Å². The van der Waals surface area contributed by atoms with Crippen LogP contribution in [0.3, 0.4) is 0 Å². The molecule has 0 spiro atoms. The van der Waals surface area contributed by atoms with Gasteiger partial charge in [0, 0.05) is 6.07 Å². The number of nitroso groups, excluding NO2 is 1. The van der Waals surface area contributed by atoms with E-state index in [4.69, 9.17) is 9.47 Å². The lowest BCUT2D eigenvalue weighted by Crippen LogP contribution is -2.49. The number of Topliss-reactive ketones (excluding diaryl/α,β-unsaturated/α-hetero) is 1. The van der Waals surface area contributed by atoms with Crippen LogP contribution in [0.4, 0.5) is 5.69 Å². The van der Waals surface area contributed by atoms with Crippen LogP contribution in [-0.2, 0) is 16.0 Å². The highest BCUT2D eigenvalue weighted by Crippen LogP contribution is 2.42. The van der Waals surface area contributed by atoms with Gasteiger partial charge in [-0.1, -0.05) is 13.0 Å². The summed E-state index contributed by atoms with van der Waals surface area (Å²) < 4.78 is 12.8. The second kappa shape index (κ2) is 8.66. The molecule has 3 N–H and O–H groups in total. The summed E-state index contributed by atoms with van der Waals surface area (Å²) in [5, 5.41) is 14.4. The van der Waals surface area contributed by atoms with E-state index in [2.05, 4.69) is 10.2 Å². The number of hydrogen-bond acceptors (Lipinski definition) is 8. The molecular weight excluding hydrogens is 444 g/mol. The van der Waals surface area contributed by atoms with Gasteiger partial charge in [0.25, 0.3) is 0 Å². The number of thiazole rings is 1. The van der Waals surface area contributed by atoms with Crippen molar-refractivity contribution in [3.63, 3.8) is 0 Å². The number of rotatable bonds is 5. The predicted octanol–water partition coefficient (Wildman–Crippen LogP) is 5.72. The fourth-order valence-corrected chi connectivity index (χ4v) is 4.90. The first-order valence-corrected chi connectivity index (χ1v) is 11.2. The molecule has 0 bridgehead atoms. The zero-order chi connectivity index (χ0) is 23.3. The molecule has 0 unspecified atom stereocenters. The molecule has 0 aliphatic carbocycles. The Morgan fingerprint density at radius 3 is 2.52 bits per heavy atom. The third kappa shape index (κ3) is 4.39. The van der Waals surface area contributed by atoms with Gasteiger partial charge in [-0.15, -0.1) is 4.91 Å². The number of aromatic amines is 1. The van der Waals surface area contributed by atoms with E-state index in [0.29, 0.717) is 28.6 Å². The van der Waals surface area contributed by atoms with Gasteiger partial charge in [-0.3, -0.25) is 4.79 Å². The molecule has 1 aromatic heterocycles. The number of carbonyl (C=O) groups is 1. The van der Waals surface area contributed by atoms with Crippen molar-refractivity contribution in [2.24, 2.45) is 5.18 Å². The number of nitrogens with one attached hydrogen (secondary N) is 1. The molecule has 4 rings (SSSR count). The zero-order valence-electron chi connectivity index (χ0n) is 19.1. The van der Waals surface area contributed by atoms with Crippen molar-refractivity contribution in [2.75, 3.05) is 0 Å². The van der Waals surface area contributed by atoms with Gasteiger partial charge in [0.15, 0.2) is 5.78 Å². The molecule has 8 nitrogen and oxygen atoms in total. The van der Waals surface area contributed by atoms with Crippen LogP contribution < -0.4 is 9.72 Å². The van der Waals surface area contributed by atoms with Crippen molar-refractivity contribution in [1.29, 1.82) is 0 Å². The van der Waals surface area contributed by atoms with E-state index in [9.17, 15) is 14.8 Å². The quantitative estimate of drug-likeness (QED) is 0.475. The topological polar surface area (TPSA) is 129 Å². The molecule has 1 aliphatic rings. The summed E-state index contributed by atoms with van der Waals surface area (Å²) in [6, 6.07) is 10.6. The molecular formula is C24H26N2O6S. The van der Waals surface area contributed by atoms with Crippen molar-refractivity contribution >= 4 is 38.6 Å². The molecule has 0 saturated heterocycles. The fraction of sp³-hybridized carbons (Fsp3) is 0.333. The highest BCUT2D eigenvalue weighted by molar-refractivity contribution is 7.19. The molecule has 0 amide bonds. The second-order valence-electron chi connectivity index (χ2n) is 8.74.